The molecule has 0 bridgehead atoms. The number of carbonyl (C=O) groups is 1. The van der Waals surface area contributed by atoms with Crippen molar-refractivity contribution in [3.63, 3.8) is 0 Å². The lowest BCUT2D eigenvalue weighted by molar-refractivity contribution is 0.0953. The second kappa shape index (κ2) is 5.97. The maximum absolute atomic E-state index is 11.6. The van der Waals surface area contributed by atoms with Gasteiger partial charge in [-0.3, -0.25) is 4.79 Å². The average Bonchev–Trinajstić information content (AvgIpc) is 2.29. The molecule has 0 aliphatic carbocycles. The predicted molar refractivity (Wildman–Crippen MR) is 63.4 cm³/mol. The van der Waals surface area contributed by atoms with Gasteiger partial charge < -0.3 is 21.5 Å². The molecule has 1 aromatic rings. The zero-order valence-corrected chi connectivity index (χ0v) is 9.32. The summed E-state index contributed by atoms with van der Waals surface area (Å²) in [5.41, 5.74) is 12.0. The first-order valence-corrected chi connectivity index (χ1v) is 5.11. The summed E-state index contributed by atoms with van der Waals surface area (Å²) in [5, 5.41) is 2.75. The number of ether oxygens (including phenoxy) is 1. The molecular weight excluding hydrogens is 206 g/mol. The molecule has 0 fully saturated rings. The summed E-state index contributed by atoms with van der Waals surface area (Å²) >= 11 is 0. The normalized spacial score (nSPS) is 9.88. The van der Waals surface area contributed by atoms with Crippen LogP contribution in [0.2, 0.25) is 0 Å². The lowest BCUT2D eigenvalue weighted by Gasteiger charge is -2.07. The molecule has 5 heteroatoms. The van der Waals surface area contributed by atoms with E-state index in [1.165, 1.54) is 7.11 Å². The molecule has 0 spiro atoms. The van der Waals surface area contributed by atoms with Crippen LogP contribution < -0.4 is 21.5 Å². The quantitative estimate of drug-likeness (QED) is 0.496. The number of hydrogen-bond acceptors (Lipinski definition) is 4. The number of anilines is 1. The minimum Gasteiger partial charge on any atom is -0.495 e. The Morgan fingerprint density at radius 1 is 1.50 bits per heavy atom. The number of amides is 1. The molecule has 5 nitrogen and oxygen atoms in total. The molecule has 88 valence electrons. The van der Waals surface area contributed by atoms with Crippen LogP contribution in [0.5, 0.6) is 5.75 Å². The van der Waals surface area contributed by atoms with Crippen LogP contribution in [-0.4, -0.2) is 26.1 Å². The second-order valence-corrected chi connectivity index (χ2v) is 3.35. The van der Waals surface area contributed by atoms with Gasteiger partial charge >= 0.3 is 0 Å². The van der Waals surface area contributed by atoms with E-state index < -0.39 is 0 Å². The predicted octanol–water partition coefficient (Wildman–Crippen LogP) is 0.356. The van der Waals surface area contributed by atoms with Crippen molar-refractivity contribution in [1.29, 1.82) is 0 Å². The molecule has 0 heterocycles. The number of nitrogen functional groups attached to an aromatic ring is 1. The fourth-order valence-electron chi connectivity index (χ4n) is 1.28. The molecule has 16 heavy (non-hydrogen) atoms. The van der Waals surface area contributed by atoms with E-state index in [2.05, 4.69) is 5.32 Å². The van der Waals surface area contributed by atoms with Gasteiger partial charge in [0.1, 0.15) is 5.75 Å². The van der Waals surface area contributed by atoms with Crippen molar-refractivity contribution in [3.8, 4) is 5.75 Å². The van der Waals surface area contributed by atoms with Crippen molar-refractivity contribution in [2.75, 3.05) is 25.9 Å². The van der Waals surface area contributed by atoms with Crippen molar-refractivity contribution in [2.45, 2.75) is 6.42 Å². The molecule has 0 aliphatic heterocycles. The van der Waals surface area contributed by atoms with Gasteiger partial charge in [0.2, 0.25) is 0 Å². The molecule has 0 radical (unpaired) electrons. The zero-order chi connectivity index (χ0) is 12.0. The third-order valence-corrected chi connectivity index (χ3v) is 2.16. The number of methoxy groups -OCH3 is 1. The number of nitrogens with two attached hydrogens (primary N) is 2. The van der Waals surface area contributed by atoms with E-state index in [-0.39, 0.29) is 5.91 Å². The summed E-state index contributed by atoms with van der Waals surface area (Å²) in [6.45, 7) is 1.13. The highest BCUT2D eigenvalue weighted by molar-refractivity contribution is 5.95. The second-order valence-electron chi connectivity index (χ2n) is 3.35. The molecular formula is C11H17N3O2. The van der Waals surface area contributed by atoms with Gasteiger partial charge in [-0.1, -0.05) is 0 Å². The molecule has 0 unspecified atom stereocenters. The number of hydrogen-bond donors (Lipinski definition) is 3. The fourth-order valence-corrected chi connectivity index (χ4v) is 1.28. The first-order valence-electron chi connectivity index (χ1n) is 5.11. The largest absolute Gasteiger partial charge is 0.495 e. The van der Waals surface area contributed by atoms with E-state index in [1.807, 2.05) is 0 Å². The van der Waals surface area contributed by atoms with Gasteiger partial charge in [-0.05, 0) is 31.2 Å². The smallest absolute Gasteiger partial charge is 0.251 e. The summed E-state index contributed by atoms with van der Waals surface area (Å²) in [5.74, 6) is 0.418. The van der Waals surface area contributed by atoms with Crippen LogP contribution in [-0.2, 0) is 0 Å². The number of nitrogens with one attached hydrogen (secondary N) is 1. The summed E-state index contributed by atoms with van der Waals surface area (Å²) < 4.78 is 5.01. The highest BCUT2D eigenvalue weighted by atomic mass is 16.5. The molecule has 0 saturated carbocycles. The van der Waals surface area contributed by atoms with Gasteiger partial charge in [0.25, 0.3) is 5.91 Å². The minimum atomic E-state index is -0.150. The Balaban J connectivity index is 2.66. The van der Waals surface area contributed by atoms with Crippen LogP contribution in [0.1, 0.15) is 16.8 Å². The third kappa shape index (κ3) is 3.13. The van der Waals surface area contributed by atoms with Gasteiger partial charge in [0.15, 0.2) is 0 Å². The Labute approximate surface area is 94.8 Å². The van der Waals surface area contributed by atoms with Crippen LogP contribution in [0.4, 0.5) is 5.69 Å². The van der Waals surface area contributed by atoms with Crippen molar-refractivity contribution in [3.05, 3.63) is 23.8 Å². The lowest BCUT2D eigenvalue weighted by Crippen LogP contribution is -2.26. The summed E-state index contributed by atoms with van der Waals surface area (Å²) in [7, 11) is 1.53. The van der Waals surface area contributed by atoms with Gasteiger partial charge in [-0.15, -0.1) is 0 Å². The zero-order valence-electron chi connectivity index (χ0n) is 9.32. The van der Waals surface area contributed by atoms with Crippen LogP contribution in [0.15, 0.2) is 18.2 Å². The average molecular weight is 223 g/mol. The number of benzene rings is 1. The van der Waals surface area contributed by atoms with Crippen molar-refractivity contribution >= 4 is 11.6 Å². The maximum Gasteiger partial charge on any atom is 0.251 e. The molecule has 1 aromatic carbocycles. The van der Waals surface area contributed by atoms with Gasteiger partial charge in [0.05, 0.1) is 12.8 Å². The number of carbonyl (C=O) groups excluding carboxylic acids is 1. The number of rotatable bonds is 5. The molecule has 1 rings (SSSR count). The maximum atomic E-state index is 11.6. The standard InChI is InChI=1S/C11H17N3O2/c1-16-10-4-3-8(7-9(10)13)11(15)14-6-2-5-12/h3-4,7H,2,5-6,12-13H2,1H3,(H,14,15). The van der Waals surface area contributed by atoms with Crippen LogP contribution >= 0.6 is 0 Å². The van der Waals surface area contributed by atoms with Crippen LogP contribution in [0, 0.1) is 0 Å². The highest BCUT2D eigenvalue weighted by Gasteiger charge is 2.07. The Kier molecular flexibility index (Phi) is 4.60. The summed E-state index contributed by atoms with van der Waals surface area (Å²) in [6, 6.07) is 4.94. The van der Waals surface area contributed by atoms with E-state index in [0.717, 1.165) is 6.42 Å². The van der Waals surface area contributed by atoms with Crippen molar-refractivity contribution < 1.29 is 9.53 Å². The minimum absolute atomic E-state index is 0.150. The van der Waals surface area contributed by atoms with Gasteiger partial charge in [-0.25, -0.2) is 0 Å². The SMILES string of the molecule is COc1ccc(C(=O)NCCCN)cc1N. The van der Waals surface area contributed by atoms with Crippen molar-refractivity contribution in [1.82, 2.24) is 5.32 Å². The molecule has 0 aliphatic rings. The highest BCUT2D eigenvalue weighted by Crippen LogP contribution is 2.21. The van der Waals surface area contributed by atoms with Crippen LogP contribution in [0.3, 0.4) is 0 Å². The first kappa shape index (κ1) is 12.3. The molecule has 5 N–H and O–H groups in total. The molecule has 1 amide bonds. The van der Waals surface area contributed by atoms with E-state index in [9.17, 15) is 4.79 Å². The van der Waals surface area contributed by atoms with Crippen molar-refractivity contribution in [2.24, 2.45) is 5.73 Å². The monoisotopic (exact) mass is 223 g/mol. The van der Waals surface area contributed by atoms with Gasteiger partial charge in [0, 0.05) is 12.1 Å². The molecule has 0 atom stereocenters. The van der Waals surface area contributed by atoms with E-state index in [4.69, 9.17) is 16.2 Å². The third-order valence-electron chi connectivity index (χ3n) is 2.16. The Hall–Kier alpha value is -1.75. The summed E-state index contributed by atoms with van der Waals surface area (Å²) in [4.78, 5) is 11.6. The summed E-state index contributed by atoms with van der Waals surface area (Å²) in [6.07, 6.45) is 0.761. The van der Waals surface area contributed by atoms with E-state index >= 15 is 0 Å². The first-order chi connectivity index (χ1) is 7.69. The fraction of sp³-hybridized carbons (Fsp3) is 0.364. The Morgan fingerprint density at radius 3 is 2.81 bits per heavy atom. The van der Waals surface area contributed by atoms with Gasteiger partial charge in [-0.2, -0.15) is 0 Å². The molecule has 0 saturated heterocycles. The molecule has 0 aromatic heterocycles. The van der Waals surface area contributed by atoms with Crippen LogP contribution in [0.25, 0.3) is 0 Å². The lowest BCUT2D eigenvalue weighted by atomic mass is 10.1. The Morgan fingerprint density at radius 2 is 2.25 bits per heavy atom. The van der Waals surface area contributed by atoms with E-state index in [1.54, 1.807) is 18.2 Å². The Bertz CT molecular complexity index is 366. The van der Waals surface area contributed by atoms with E-state index in [0.29, 0.717) is 30.1 Å². The topological polar surface area (TPSA) is 90.4 Å².